The van der Waals surface area contributed by atoms with Gasteiger partial charge in [-0.3, -0.25) is 9.48 Å². The predicted molar refractivity (Wildman–Crippen MR) is 55.9 cm³/mol. The first-order valence-electron chi connectivity index (χ1n) is 5.53. The van der Waals surface area contributed by atoms with Crippen LogP contribution in [0.5, 0.6) is 0 Å². The van der Waals surface area contributed by atoms with Crippen molar-refractivity contribution in [3.05, 3.63) is 17.0 Å². The molecule has 0 saturated heterocycles. The summed E-state index contributed by atoms with van der Waals surface area (Å²) in [5, 5.41) is 4.58. The van der Waals surface area contributed by atoms with E-state index in [4.69, 9.17) is 0 Å². The zero-order valence-electron chi connectivity index (χ0n) is 8.94. The van der Waals surface area contributed by atoms with Gasteiger partial charge in [-0.05, 0) is 26.3 Å². The van der Waals surface area contributed by atoms with Crippen LogP contribution in [0.1, 0.15) is 40.6 Å². The minimum atomic E-state index is 0.501. The van der Waals surface area contributed by atoms with Crippen LogP contribution in [0, 0.1) is 0 Å². The van der Waals surface area contributed by atoms with E-state index in [1.165, 1.54) is 18.4 Å². The van der Waals surface area contributed by atoms with Crippen molar-refractivity contribution in [2.75, 3.05) is 13.6 Å². The Labute approximate surface area is 88.9 Å². The van der Waals surface area contributed by atoms with Gasteiger partial charge in [0.25, 0.3) is 0 Å². The first-order valence-corrected chi connectivity index (χ1v) is 5.53. The normalized spacial score (nSPS) is 21.4. The topological polar surface area (TPSA) is 38.1 Å². The summed E-state index contributed by atoms with van der Waals surface area (Å²) < 4.78 is 1.96. The number of likely N-dealkylation sites (N-methyl/N-ethyl adjacent to an activating group) is 1. The number of nitrogens with zero attached hydrogens (tertiary/aromatic N) is 3. The molecule has 0 bridgehead atoms. The summed E-state index contributed by atoms with van der Waals surface area (Å²) in [4.78, 5) is 13.4. The minimum absolute atomic E-state index is 0.501. The Balaban J connectivity index is 2.06. The molecule has 0 atom stereocenters. The first kappa shape index (κ1) is 9.09. The van der Waals surface area contributed by atoms with E-state index in [2.05, 4.69) is 17.0 Å². The summed E-state index contributed by atoms with van der Waals surface area (Å²) >= 11 is 0. The fourth-order valence-corrected chi connectivity index (χ4v) is 2.29. The molecule has 1 aromatic rings. The van der Waals surface area contributed by atoms with E-state index in [-0.39, 0.29) is 0 Å². The highest BCUT2D eigenvalue weighted by atomic mass is 16.1. The smallest absolute Gasteiger partial charge is 0.168 e. The molecule has 1 aliphatic heterocycles. The highest BCUT2D eigenvalue weighted by Gasteiger charge is 2.31. The van der Waals surface area contributed by atoms with Crippen molar-refractivity contribution in [1.29, 1.82) is 0 Å². The highest BCUT2D eigenvalue weighted by Crippen LogP contribution is 2.37. The Morgan fingerprint density at radius 1 is 1.47 bits per heavy atom. The largest absolute Gasteiger partial charge is 0.300 e. The zero-order valence-corrected chi connectivity index (χ0v) is 8.94. The molecule has 15 heavy (non-hydrogen) atoms. The number of hydrogen-bond donors (Lipinski definition) is 0. The second-order valence-corrected chi connectivity index (χ2v) is 4.59. The molecular weight excluding hydrogens is 190 g/mol. The van der Waals surface area contributed by atoms with Crippen LogP contribution in [0.2, 0.25) is 0 Å². The highest BCUT2D eigenvalue weighted by molar-refractivity contribution is 5.75. The summed E-state index contributed by atoms with van der Waals surface area (Å²) in [6.07, 6.45) is 4.30. The first-order chi connectivity index (χ1) is 7.29. The quantitative estimate of drug-likeness (QED) is 0.676. The van der Waals surface area contributed by atoms with Gasteiger partial charge >= 0.3 is 0 Å². The molecule has 0 aromatic carbocycles. The number of carbonyl (C=O) groups is 1. The average Bonchev–Trinajstić information content (AvgIpc) is 2.99. The van der Waals surface area contributed by atoms with Gasteiger partial charge in [-0.1, -0.05) is 0 Å². The minimum Gasteiger partial charge on any atom is -0.300 e. The monoisotopic (exact) mass is 205 g/mol. The fraction of sp³-hybridized carbons (Fsp3) is 0.636. The summed E-state index contributed by atoms with van der Waals surface area (Å²) in [7, 11) is 2.10. The molecule has 0 radical (unpaired) electrons. The van der Waals surface area contributed by atoms with E-state index < -0.39 is 0 Å². The van der Waals surface area contributed by atoms with Crippen molar-refractivity contribution in [3.63, 3.8) is 0 Å². The molecule has 0 unspecified atom stereocenters. The number of aldehydes is 1. The molecular formula is C11H15N3O. The van der Waals surface area contributed by atoms with Gasteiger partial charge in [0, 0.05) is 18.7 Å². The molecule has 2 heterocycles. The third-order valence-electron chi connectivity index (χ3n) is 3.30. The Morgan fingerprint density at radius 3 is 2.93 bits per heavy atom. The molecule has 80 valence electrons. The van der Waals surface area contributed by atoms with Gasteiger partial charge in [0.1, 0.15) is 5.69 Å². The number of fused-ring (bicyclic) bond motifs is 1. The SMILES string of the molecule is CN1CCc2c(nn(C3CC3)c2C=O)C1. The summed E-state index contributed by atoms with van der Waals surface area (Å²) in [6, 6.07) is 0.501. The van der Waals surface area contributed by atoms with Crippen molar-refractivity contribution < 1.29 is 4.79 Å². The molecule has 1 fully saturated rings. The van der Waals surface area contributed by atoms with Gasteiger partial charge < -0.3 is 4.90 Å². The second kappa shape index (κ2) is 3.17. The van der Waals surface area contributed by atoms with Gasteiger partial charge in [-0.25, -0.2) is 0 Å². The third kappa shape index (κ3) is 1.40. The lowest BCUT2D eigenvalue weighted by molar-refractivity contribution is 0.111. The molecule has 0 spiro atoms. The standard InChI is InChI=1S/C11H15N3O/c1-13-5-4-9-10(6-13)12-14(8-2-3-8)11(9)7-15/h7-8H,2-6H2,1H3. The average molecular weight is 205 g/mol. The maximum atomic E-state index is 11.1. The molecule has 4 nitrogen and oxygen atoms in total. The Kier molecular flexibility index (Phi) is 1.92. The van der Waals surface area contributed by atoms with Crippen LogP contribution < -0.4 is 0 Å². The van der Waals surface area contributed by atoms with Gasteiger partial charge in [0.2, 0.25) is 0 Å². The number of aromatic nitrogens is 2. The third-order valence-corrected chi connectivity index (χ3v) is 3.30. The molecule has 1 saturated carbocycles. The number of hydrogen-bond acceptors (Lipinski definition) is 3. The maximum Gasteiger partial charge on any atom is 0.168 e. The fourth-order valence-electron chi connectivity index (χ4n) is 2.29. The Hall–Kier alpha value is -1.16. The molecule has 1 aromatic heterocycles. The van der Waals surface area contributed by atoms with Crippen LogP contribution in [0.25, 0.3) is 0 Å². The molecule has 1 aliphatic carbocycles. The molecule has 4 heteroatoms. The Bertz CT molecular complexity index is 406. The van der Waals surface area contributed by atoms with Gasteiger partial charge in [-0.2, -0.15) is 5.10 Å². The van der Waals surface area contributed by atoms with Crippen LogP contribution in [-0.4, -0.2) is 34.6 Å². The van der Waals surface area contributed by atoms with Crippen molar-refractivity contribution in [2.24, 2.45) is 0 Å². The summed E-state index contributed by atoms with van der Waals surface area (Å²) in [5.74, 6) is 0. The van der Waals surface area contributed by atoms with Gasteiger partial charge in [0.05, 0.1) is 11.7 Å². The second-order valence-electron chi connectivity index (χ2n) is 4.59. The molecule has 0 N–H and O–H groups in total. The van der Waals surface area contributed by atoms with Crippen molar-refractivity contribution in [1.82, 2.24) is 14.7 Å². The van der Waals surface area contributed by atoms with Crippen LogP contribution in [-0.2, 0) is 13.0 Å². The number of rotatable bonds is 2. The van der Waals surface area contributed by atoms with E-state index in [1.54, 1.807) is 0 Å². The van der Waals surface area contributed by atoms with Crippen LogP contribution in [0.3, 0.4) is 0 Å². The van der Waals surface area contributed by atoms with E-state index >= 15 is 0 Å². The van der Waals surface area contributed by atoms with Crippen molar-refractivity contribution in [2.45, 2.75) is 31.8 Å². The Morgan fingerprint density at radius 2 is 2.27 bits per heavy atom. The van der Waals surface area contributed by atoms with E-state index in [9.17, 15) is 4.79 Å². The molecule has 3 rings (SSSR count). The van der Waals surface area contributed by atoms with Crippen LogP contribution >= 0.6 is 0 Å². The molecule has 0 amide bonds. The lowest BCUT2D eigenvalue weighted by atomic mass is 10.1. The predicted octanol–water partition coefficient (Wildman–Crippen LogP) is 1.02. The van der Waals surface area contributed by atoms with Crippen molar-refractivity contribution in [3.8, 4) is 0 Å². The van der Waals surface area contributed by atoms with E-state index in [0.29, 0.717) is 6.04 Å². The lowest BCUT2D eigenvalue weighted by Gasteiger charge is -2.20. The number of carbonyl (C=O) groups excluding carboxylic acids is 1. The summed E-state index contributed by atoms with van der Waals surface area (Å²) in [5.41, 5.74) is 3.13. The van der Waals surface area contributed by atoms with E-state index in [0.717, 1.165) is 37.2 Å². The van der Waals surface area contributed by atoms with Gasteiger partial charge in [0.15, 0.2) is 6.29 Å². The maximum absolute atomic E-state index is 11.1. The summed E-state index contributed by atoms with van der Waals surface area (Å²) in [6.45, 7) is 1.92. The van der Waals surface area contributed by atoms with Crippen LogP contribution in [0.4, 0.5) is 0 Å². The van der Waals surface area contributed by atoms with Crippen LogP contribution in [0.15, 0.2) is 0 Å². The van der Waals surface area contributed by atoms with Crippen molar-refractivity contribution >= 4 is 6.29 Å². The van der Waals surface area contributed by atoms with E-state index in [1.807, 2.05) is 4.68 Å². The zero-order chi connectivity index (χ0) is 10.4. The van der Waals surface area contributed by atoms with Gasteiger partial charge in [-0.15, -0.1) is 0 Å². The lowest BCUT2D eigenvalue weighted by Crippen LogP contribution is -2.26. The molecule has 2 aliphatic rings.